The quantitative estimate of drug-likeness (QED) is 0.489. The molecule has 3 aromatic rings. The average Bonchev–Trinajstić information content (AvgIpc) is 3.32. The second-order valence-corrected chi connectivity index (χ2v) is 8.75. The minimum atomic E-state index is 0.100. The molecule has 33 heavy (non-hydrogen) atoms. The molecular weight excluding hydrogens is 414 g/mol. The van der Waals surface area contributed by atoms with Crippen molar-refractivity contribution in [2.45, 2.75) is 39.3 Å². The van der Waals surface area contributed by atoms with Gasteiger partial charge < -0.3 is 14.1 Å². The molecule has 4 rings (SSSR count). The van der Waals surface area contributed by atoms with Crippen molar-refractivity contribution < 1.29 is 13.9 Å². The number of carbonyl (C=O) groups excluding carboxylic acids is 1. The lowest BCUT2D eigenvalue weighted by molar-refractivity contribution is -0.134. The van der Waals surface area contributed by atoms with Gasteiger partial charge in [0.05, 0.1) is 19.4 Å². The van der Waals surface area contributed by atoms with Crippen LogP contribution in [-0.2, 0) is 22.5 Å². The summed E-state index contributed by atoms with van der Waals surface area (Å²) in [5.41, 5.74) is 3.33. The third-order valence-corrected chi connectivity index (χ3v) is 6.12. The van der Waals surface area contributed by atoms with Crippen LogP contribution < -0.4 is 0 Å². The first-order chi connectivity index (χ1) is 16.1. The molecule has 1 amide bonds. The van der Waals surface area contributed by atoms with Crippen molar-refractivity contribution in [3.8, 4) is 11.3 Å². The fraction of sp³-hybridized carbons (Fsp3) is 0.407. The maximum absolute atomic E-state index is 13.3. The lowest BCUT2D eigenvalue weighted by Gasteiger charge is -2.35. The highest BCUT2D eigenvalue weighted by Gasteiger charge is 2.24. The number of morpholine rings is 1. The number of oxazole rings is 1. The Labute approximate surface area is 196 Å². The fourth-order valence-corrected chi connectivity index (χ4v) is 4.16. The van der Waals surface area contributed by atoms with Gasteiger partial charge >= 0.3 is 0 Å². The molecular formula is C27H33N3O3. The van der Waals surface area contributed by atoms with Gasteiger partial charge in [-0.15, -0.1) is 0 Å². The first-order valence-corrected chi connectivity index (χ1v) is 11.7. The van der Waals surface area contributed by atoms with E-state index in [1.165, 1.54) is 5.56 Å². The summed E-state index contributed by atoms with van der Waals surface area (Å²) >= 11 is 0. The van der Waals surface area contributed by atoms with Gasteiger partial charge in [0, 0.05) is 50.6 Å². The van der Waals surface area contributed by atoms with E-state index in [0.717, 1.165) is 49.7 Å². The predicted octanol–water partition coefficient (Wildman–Crippen LogP) is 4.33. The van der Waals surface area contributed by atoms with Crippen LogP contribution in [0.1, 0.15) is 30.4 Å². The Morgan fingerprint density at radius 2 is 1.82 bits per heavy atom. The van der Waals surface area contributed by atoms with Crippen molar-refractivity contribution >= 4 is 5.91 Å². The number of hydrogen-bond donors (Lipinski definition) is 0. The van der Waals surface area contributed by atoms with Gasteiger partial charge in [0.15, 0.2) is 11.7 Å². The van der Waals surface area contributed by atoms with Crippen LogP contribution in [0.5, 0.6) is 0 Å². The molecule has 1 aliphatic rings. The molecule has 0 aliphatic carbocycles. The number of nitrogens with zero attached hydrogens (tertiary/aromatic N) is 3. The lowest BCUT2D eigenvalue weighted by atomic mass is 10.1. The number of hydrogen-bond acceptors (Lipinski definition) is 5. The van der Waals surface area contributed by atoms with E-state index in [0.29, 0.717) is 25.3 Å². The Bertz CT molecular complexity index is 1010. The molecule has 1 unspecified atom stereocenters. The maximum Gasteiger partial charge on any atom is 0.223 e. The highest BCUT2D eigenvalue weighted by molar-refractivity contribution is 5.76. The molecule has 1 saturated heterocycles. The Hall–Kier alpha value is -2.96. The number of ether oxygens (including phenoxy) is 1. The number of benzene rings is 2. The highest BCUT2D eigenvalue weighted by Crippen LogP contribution is 2.22. The molecule has 0 bridgehead atoms. The van der Waals surface area contributed by atoms with Crippen molar-refractivity contribution in [1.82, 2.24) is 14.8 Å². The van der Waals surface area contributed by atoms with E-state index >= 15 is 0 Å². The number of aryl methyl sites for hydroxylation is 2. The molecule has 6 heteroatoms. The van der Waals surface area contributed by atoms with E-state index in [-0.39, 0.29) is 11.9 Å². The highest BCUT2D eigenvalue weighted by atomic mass is 16.5. The molecule has 1 fully saturated rings. The van der Waals surface area contributed by atoms with E-state index in [4.69, 9.17) is 9.15 Å². The SMILES string of the molecule is Cc1ccc(-c2cnc(CCC(=O)N(Cc3ccccc3)C(C)CN3CCOCC3)o2)cc1. The van der Waals surface area contributed by atoms with E-state index in [1.54, 1.807) is 6.20 Å². The van der Waals surface area contributed by atoms with Gasteiger partial charge in [-0.2, -0.15) is 0 Å². The average molecular weight is 448 g/mol. The smallest absolute Gasteiger partial charge is 0.223 e. The molecule has 0 spiro atoms. The zero-order valence-electron chi connectivity index (χ0n) is 19.6. The Kier molecular flexibility index (Phi) is 7.92. The molecule has 0 radical (unpaired) electrons. The van der Waals surface area contributed by atoms with Crippen LogP contribution in [-0.4, -0.2) is 59.6 Å². The van der Waals surface area contributed by atoms with Crippen molar-refractivity contribution in [2.24, 2.45) is 0 Å². The van der Waals surface area contributed by atoms with Gasteiger partial charge in [-0.05, 0) is 19.4 Å². The van der Waals surface area contributed by atoms with Crippen LogP contribution in [0.2, 0.25) is 0 Å². The summed E-state index contributed by atoms with van der Waals surface area (Å²) < 4.78 is 11.4. The first kappa shape index (κ1) is 23.2. The summed E-state index contributed by atoms with van der Waals surface area (Å²) in [5.74, 6) is 1.45. The maximum atomic E-state index is 13.3. The van der Waals surface area contributed by atoms with E-state index in [1.807, 2.05) is 35.2 Å². The number of rotatable bonds is 9. The zero-order valence-corrected chi connectivity index (χ0v) is 19.6. The summed E-state index contributed by atoms with van der Waals surface area (Å²) in [5, 5.41) is 0. The van der Waals surface area contributed by atoms with Crippen LogP contribution in [0.3, 0.4) is 0 Å². The molecule has 2 heterocycles. The van der Waals surface area contributed by atoms with Crippen molar-refractivity contribution in [3.63, 3.8) is 0 Å². The summed E-state index contributed by atoms with van der Waals surface area (Å²) in [7, 11) is 0. The van der Waals surface area contributed by atoms with Crippen molar-refractivity contribution in [3.05, 3.63) is 77.8 Å². The summed E-state index contributed by atoms with van der Waals surface area (Å²) in [6.45, 7) is 8.98. The largest absolute Gasteiger partial charge is 0.441 e. The third-order valence-electron chi connectivity index (χ3n) is 6.12. The van der Waals surface area contributed by atoms with Crippen LogP contribution in [0.15, 0.2) is 65.2 Å². The second kappa shape index (κ2) is 11.3. The molecule has 6 nitrogen and oxygen atoms in total. The van der Waals surface area contributed by atoms with Gasteiger partial charge in [-0.25, -0.2) is 4.98 Å². The van der Waals surface area contributed by atoms with Crippen LogP contribution >= 0.6 is 0 Å². The molecule has 1 aromatic heterocycles. The third kappa shape index (κ3) is 6.53. The van der Waals surface area contributed by atoms with Gasteiger partial charge in [0.2, 0.25) is 5.91 Å². The monoisotopic (exact) mass is 447 g/mol. The minimum absolute atomic E-state index is 0.100. The molecule has 1 aliphatic heterocycles. The minimum Gasteiger partial charge on any atom is -0.441 e. The van der Waals surface area contributed by atoms with Crippen LogP contribution in [0.4, 0.5) is 0 Å². The Morgan fingerprint density at radius 1 is 1.09 bits per heavy atom. The van der Waals surface area contributed by atoms with Gasteiger partial charge in [0.1, 0.15) is 0 Å². The number of aromatic nitrogens is 1. The molecule has 174 valence electrons. The normalized spacial score (nSPS) is 15.3. The lowest BCUT2D eigenvalue weighted by Crippen LogP contribution is -2.48. The van der Waals surface area contributed by atoms with Gasteiger partial charge in [0.25, 0.3) is 0 Å². The Balaban J connectivity index is 1.40. The summed E-state index contributed by atoms with van der Waals surface area (Å²) in [6, 6.07) is 18.4. The first-order valence-electron chi connectivity index (χ1n) is 11.7. The zero-order chi connectivity index (χ0) is 23.0. The summed E-state index contributed by atoms with van der Waals surface area (Å²) in [4.78, 5) is 22.1. The van der Waals surface area contributed by atoms with Crippen molar-refractivity contribution in [1.29, 1.82) is 0 Å². The molecule has 0 saturated carbocycles. The number of carbonyl (C=O) groups is 1. The number of amides is 1. The standard InChI is InChI=1S/C27H33N3O3/c1-21-8-10-24(11-9-21)25-18-28-26(33-25)12-13-27(31)30(20-23-6-4-3-5-7-23)22(2)19-29-14-16-32-17-15-29/h3-11,18,22H,12-17,19-20H2,1-2H3. The van der Waals surface area contributed by atoms with E-state index in [9.17, 15) is 4.79 Å². The molecule has 0 N–H and O–H groups in total. The van der Waals surface area contributed by atoms with Crippen LogP contribution in [0.25, 0.3) is 11.3 Å². The predicted molar refractivity (Wildman–Crippen MR) is 129 cm³/mol. The van der Waals surface area contributed by atoms with Crippen LogP contribution in [0, 0.1) is 6.92 Å². The second-order valence-electron chi connectivity index (χ2n) is 8.75. The van der Waals surface area contributed by atoms with Gasteiger partial charge in [-0.1, -0.05) is 60.2 Å². The van der Waals surface area contributed by atoms with E-state index in [2.05, 4.69) is 48.0 Å². The molecule has 1 atom stereocenters. The topological polar surface area (TPSA) is 58.8 Å². The van der Waals surface area contributed by atoms with Crippen molar-refractivity contribution in [2.75, 3.05) is 32.8 Å². The summed E-state index contributed by atoms with van der Waals surface area (Å²) in [6.07, 6.45) is 2.60. The fourth-order valence-electron chi connectivity index (χ4n) is 4.16. The molecule has 2 aromatic carbocycles. The Morgan fingerprint density at radius 3 is 2.55 bits per heavy atom. The van der Waals surface area contributed by atoms with E-state index < -0.39 is 0 Å². The van der Waals surface area contributed by atoms with Gasteiger partial charge in [-0.3, -0.25) is 9.69 Å².